The summed E-state index contributed by atoms with van der Waals surface area (Å²) in [6.45, 7) is 5.56. The van der Waals surface area contributed by atoms with Crippen LogP contribution in [0.25, 0.3) is 0 Å². The molecule has 2 atom stereocenters. The molecule has 0 spiro atoms. The molecule has 8 nitrogen and oxygen atoms in total. The molecule has 2 unspecified atom stereocenters. The van der Waals surface area contributed by atoms with Crippen LogP contribution in [0.15, 0.2) is 60.8 Å². The minimum absolute atomic E-state index is 0.0825. The van der Waals surface area contributed by atoms with E-state index in [9.17, 15) is 14.3 Å². The Hall–Kier alpha value is -1.80. The zero-order chi connectivity index (χ0) is 44.8. The van der Waals surface area contributed by atoms with E-state index in [1.807, 2.05) is 21.1 Å². The van der Waals surface area contributed by atoms with Gasteiger partial charge in [0, 0.05) is 13.0 Å². The third-order valence-corrected chi connectivity index (χ3v) is 11.5. The summed E-state index contributed by atoms with van der Waals surface area (Å²) in [5, 5.41) is 0. The highest BCUT2D eigenvalue weighted by atomic mass is 31.2. The summed E-state index contributed by atoms with van der Waals surface area (Å²) in [5.41, 5.74) is 0. The zero-order valence-electron chi connectivity index (χ0n) is 40.4. The predicted molar refractivity (Wildman–Crippen MR) is 261 cm³/mol. The summed E-state index contributed by atoms with van der Waals surface area (Å²) < 4.78 is 35.1. The molecule has 9 heteroatoms. The van der Waals surface area contributed by atoms with Gasteiger partial charge in [-0.25, -0.2) is 4.57 Å². The van der Waals surface area contributed by atoms with Crippen molar-refractivity contribution in [3.05, 3.63) is 60.8 Å². The van der Waals surface area contributed by atoms with E-state index in [1.54, 1.807) is 0 Å². The fourth-order valence-corrected chi connectivity index (χ4v) is 7.39. The van der Waals surface area contributed by atoms with Crippen LogP contribution in [0.5, 0.6) is 0 Å². The molecule has 0 saturated carbocycles. The Morgan fingerprint density at radius 1 is 0.508 bits per heavy atom. The lowest BCUT2D eigenvalue weighted by Crippen LogP contribution is -2.37. The van der Waals surface area contributed by atoms with Gasteiger partial charge in [0.2, 0.25) is 0 Å². The summed E-state index contributed by atoms with van der Waals surface area (Å²) in [5.74, 6) is -0.325. The predicted octanol–water partition coefficient (Wildman–Crippen LogP) is 15.3. The van der Waals surface area contributed by atoms with Gasteiger partial charge in [0.1, 0.15) is 19.3 Å². The largest absolute Gasteiger partial charge is 0.472 e. The second kappa shape index (κ2) is 44.8. The monoisotopic (exact) mass is 879 g/mol. The molecule has 0 aliphatic rings. The Balaban J connectivity index is 4.19. The van der Waals surface area contributed by atoms with Gasteiger partial charge < -0.3 is 18.9 Å². The van der Waals surface area contributed by atoms with Crippen molar-refractivity contribution < 1.29 is 37.3 Å². The number of rotatable bonds is 46. The van der Waals surface area contributed by atoms with Crippen LogP contribution in [0.1, 0.15) is 206 Å². The maximum atomic E-state index is 12.8. The number of hydrogen-bond donors (Lipinski definition) is 1. The molecule has 0 aromatic carbocycles. The van der Waals surface area contributed by atoms with Gasteiger partial charge in [-0.3, -0.25) is 13.8 Å². The second-order valence-corrected chi connectivity index (χ2v) is 19.3. The first-order chi connectivity index (χ1) is 29.6. The second-order valence-electron chi connectivity index (χ2n) is 17.8. The van der Waals surface area contributed by atoms with Gasteiger partial charge in [-0.1, -0.05) is 177 Å². The molecule has 0 saturated heterocycles. The van der Waals surface area contributed by atoms with Gasteiger partial charge in [0.05, 0.1) is 34.4 Å². The van der Waals surface area contributed by atoms with E-state index in [1.165, 1.54) is 122 Å². The van der Waals surface area contributed by atoms with Crippen molar-refractivity contribution in [3.63, 3.8) is 0 Å². The number of ether oxygens (including phenoxy) is 2. The molecule has 0 aliphatic heterocycles. The number of nitrogens with zero attached hydrogens (tertiary/aromatic N) is 1. The standard InChI is InChI=1S/C52H96NO7P/c1-6-8-10-12-14-16-18-20-22-24-25-26-27-28-29-30-31-33-35-37-39-41-43-45-52(54)60-51(50-59-61(55,56)58-48-46-53(3,4)5)49-57-47-44-42-40-38-36-34-32-23-21-19-17-15-13-11-9-7-2/h15,17-18,20-21,23-25,27-28,51H,6-14,16,19,22,26,29-50H2,1-5H3/p+1/b17-15-,20-18-,23-21-,25-24-,28-27-. The van der Waals surface area contributed by atoms with Crippen LogP contribution in [0.2, 0.25) is 0 Å². The van der Waals surface area contributed by atoms with Crippen LogP contribution >= 0.6 is 7.82 Å². The number of esters is 1. The fourth-order valence-electron chi connectivity index (χ4n) is 6.65. The number of carbonyl (C=O) groups is 1. The van der Waals surface area contributed by atoms with Gasteiger partial charge in [-0.2, -0.15) is 0 Å². The van der Waals surface area contributed by atoms with Crippen LogP contribution in [-0.2, 0) is 27.9 Å². The average Bonchev–Trinajstić information content (AvgIpc) is 3.22. The number of allylic oxidation sites excluding steroid dienone is 10. The number of quaternary nitrogens is 1. The Kier molecular flexibility index (Phi) is 43.5. The summed E-state index contributed by atoms with van der Waals surface area (Å²) in [6.07, 6.45) is 56.9. The Morgan fingerprint density at radius 3 is 1.38 bits per heavy atom. The molecular formula is C52H97NO7P+. The highest BCUT2D eigenvalue weighted by molar-refractivity contribution is 7.47. The van der Waals surface area contributed by atoms with E-state index in [0.29, 0.717) is 24.1 Å². The molecule has 0 aliphatic carbocycles. The van der Waals surface area contributed by atoms with Crippen molar-refractivity contribution in [2.45, 2.75) is 213 Å². The van der Waals surface area contributed by atoms with Crippen LogP contribution in [0, 0.1) is 0 Å². The number of carbonyl (C=O) groups excluding carboxylic acids is 1. The van der Waals surface area contributed by atoms with E-state index in [0.717, 1.165) is 64.2 Å². The summed E-state index contributed by atoms with van der Waals surface area (Å²) >= 11 is 0. The molecule has 0 heterocycles. The Labute approximate surface area is 377 Å². The molecule has 0 fully saturated rings. The van der Waals surface area contributed by atoms with E-state index in [-0.39, 0.29) is 25.8 Å². The molecule has 0 rings (SSSR count). The molecule has 1 N–H and O–H groups in total. The molecule has 61 heavy (non-hydrogen) atoms. The fraction of sp³-hybridized carbons (Fsp3) is 0.788. The minimum atomic E-state index is -4.29. The van der Waals surface area contributed by atoms with E-state index < -0.39 is 13.9 Å². The van der Waals surface area contributed by atoms with Crippen molar-refractivity contribution in [2.75, 3.05) is 54.1 Å². The number of unbranched alkanes of at least 4 members (excludes halogenated alkanes) is 22. The summed E-state index contributed by atoms with van der Waals surface area (Å²) in [7, 11) is 1.65. The lowest BCUT2D eigenvalue weighted by Gasteiger charge is -2.24. The Bertz CT molecular complexity index is 1160. The normalized spacial score (nSPS) is 14.1. The third-order valence-electron chi connectivity index (χ3n) is 10.6. The van der Waals surface area contributed by atoms with Crippen LogP contribution < -0.4 is 0 Å². The quantitative estimate of drug-likeness (QED) is 0.0214. The lowest BCUT2D eigenvalue weighted by atomic mass is 10.1. The summed E-state index contributed by atoms with van der Waals surface area (Å²) in [4.78, 5) is 23.0. The van der Waals surface area contributed by atoms with Crippen molar-refractivity contribution in [1.82, 2.24) is 0 Å². The van der Waals surface area contributed by atoms with Crippen molar-refractivity contribution in [1.29, 1.82) is 0 Å². The zero-order valence-corrected chi connectivity index (χ0v) is 41.3. The van der Waals surface area contributed by atoms with Crippen LogP contribution in [-0.4, -0.2) is 75.6 Å². The number of phosphoric acid groups is 1. The first-order valence-corrected chi connectivity index (χ1v) is 26.5. The molecule has 356 valence electrons. The maximum Gasteiger partial charge on any atom is 0.472 e. The first-order valence-electron chi connectivity index (χ1n) is 25.0. The van der Waals surface area contributed by atoms with E-state index in [2.05, 4.69) is 74.6 Å². The maximum absolute atomic E-state index is 12.8. The van der Waals surface area contributed by atoms with Gasteiger partial charge in [0.15, 0.2) is 0 Å². The van der Waals surface area contributed by atoms with Gasteiger partial charge >= 0.3 is 13.8 Å². The van der Waals surface area contributed by atoms with Gasteiger partial charge in [0.25, 0.3) is 0 Å². The molecule has 0 aromatic rings. The number of phosphoric ester groups is 1. The van der Waals surface area contributed by atoms with Gasteiger partial charge in [-0.15, -0.1) is 0 Å². The molecular weight excluding hydrogens is 782 g/mol. The average molecular weight is 879 g/mol. The van der Waals surface area contributed by atoms with Crippen LogP contribution in [0.3, 0.4) is 0 Å². The SMILES string of the molecule is CCCCC/C=C\C/C=C\CCCCCCCCOCC(COP(=O)(O)OCC[N+](C)(C)C)OC(=O)CCCCCCCCCC/C=C\C/C=C\C/C=C\CCCCCCC. The van der Waals surface area contributed by atoms with E-state index in [4.69, 9.17) is 18.5 Å². The first kappa shape index (κ1) is 59.2. The highest BCUT2D eigenvalue weighted by Crippen LogP contribution is 2.43. The topological polar surface area (TPSA) is 91.3 Å². The lowest BCUT2D eigenvalue weighted by molar-refractivity contribution is -0.870. The minimum Gasteiger partial charge on any atom is -0.457 e. The smallest absolute Gasteiger partial charge is 0.457 e. The number of hydrogen-bond acceptors (Lipinski definition) is 6. The highest BCUT2D eigenvalue weighted by Gasteiger charge is 2.26. The summed E-state index contributed by atoms with van der Waals surface area (Å²) in [6, 6.07) is 0. The van der Waals surface area contributed by atoms with Crippen molar-refractivity contribution in [2.24, 2.45) is 0 Å². The number of likely N-dealkylation sites (N-methyl/N-ethyl adjacent to an activating group) is 1. The third kappa shape index (κ3) is 49.1. The van der Waals surface area contributed by atoms with Crippen LogP contribution in [0.4, 0.5) is 0 Å². The van der Waals surface area contributed by atoms with E-state index >= 15 is 0 Å². The molecule has 0 bridgehead atoms. The van der Waals surface area contributed by atoms with Crippen molar-refractivity contribution in [3.8, 4) is 0 Å². The molecule has 0 amide bonds. The Morgan fingerprint density at radius 2 is 0.902 bits per heavy atom. The molecule has 0 aromatic heterocycles. The van der Waals surface area contributed by atoms with Gasteiger partial charge in [-0.05, 0) is 83.5 Å². The molecule has 0 radical (unpaired) electrons. The van der Waals surface area contributed by atoms with Crippen molar-refractivity contribution >= 4 is 13.8 Å².